The van der Waals surface area contributed by atoms with Crippen molar-refractivity contribution in [3.63, 3.8) is 0 Å². The maximum absolute atomic E-state index is 12.1. The largest absolute Gasteiger partial charge is 0.456 e. The van der Waals surface area contributed by atoms with Gasteiger partial charge in [0.15, 0.2) is 0 Å². The highest BCUT2D eigenvalue weighted by molar-refractivity contribution is 5.88. The van der Waals surface area contributed by atoms with E-state index in [0.29, 0.717) is 12.4 Å². The van der Waals surface area contributed by atoms with E-state index in [0.717, 1.165) is 16.7 Å². The fourth-order valence-corrected chi connectivity index (χ4v) is 2.35. The summed E-state index contributed by atoms with van der Waals surface area (Å²) in [5.41, 5.74) is 2.85. The molecule has 114 valence electrons. The van der Waals surface area contributed by atoms with Gasteiger partial charge in [-0.05, 0) is 24.6 Å². The smallest absolute Gasteiger partial charge is 0.438 e. The van der Waals surface area contributed by atoms with Gasteiger partial charge in [0.05, 0.1) is 24.3 Å². The van der Waals surface area contributed by atoms with Crippen LogP contribution in [0.1, 0.15) is 17.5 Å². The van der Waals surface area contributed by atoms with Crippen LogP contribution in [0, 0.1) is 0 Å². The van der Waals surface area contributed by atoms with Crippen LogP contribution >= 0.6 is 0 Å². The minimum Gasteiger partial charge on any atom is -0.456 e. The fraction of sp³-hybridized carbons (Fsp3) is 0.100. The zero-order valence-electron chi connectivity index (χ0n) is 12.9. The van der Waals surface area contributed by atoms with Crippen LogP contribution < -0.4 is 0 Å². The van der Waals surface area contributed by atoms with E-state index in [1.54, 1.807) is 13.0 Å². The van der Waals surface area contributed by atoms with E-state index in [2.05, 4.69) is 0 Å². The topological polar surface area (TPSA) is 37.6 Å². The van der Waals surface area contributed by atoms with Crippen LogP contribution in [0.15, 0.2) is 77.2 Å². The van der Waals surface area contributed by atoms with E-state index in [1.807, 2.05) is 66.7 Å². The lowest BCUT2D eigenvalue weighted by Gasteiger charge is -2.01. The lowest BCUT2D eigenvalue weighted by atomic mass is 10.0. The second kappa shape index (κ2) is 6.88. The minimum atomic E-state index is -0.456. The zero-order chi connectivity index (χ0) is 16.1. The molecule has 3 heteroatoms. The third-order valence-corrected chi connectivity index (χ3v) is 3.44. The van der Waals surface area contributed by atoms with Crippen LogP contribution in [0.25, 0.3) is 22.5 Å². The van der Waals surface area contributed by atoms with E-state index in [9.17, 15) is 4.79 Å². The van der Waals surface area contributed by atoms with Crippen LogP contribution in [-0.4, -0.2) is 12.6 Å². The molecule has 0 N–H and O–H groups in total. The van der Waals surface area contributed by atoms with Gasteiger partial charge in [-0.2, -0.15) is 4.42 Å². The highest BCUT2D eigenvalue weighted by Crippen LogP contribution is 2.28. The van der Waals surface area contributed by atoms with E-state index in [4.69, 9.17) is 9.15 Å². The molecule has 0 unspecified atom stereocenters. The Bertz CT molecular complexity index is 738. The quantitative estimate of drug-likeness (QED) is 0.499. The number of hydrogen-bond donors (Lipinski definition) is 0. The summed E-state index contributed by atoms with van der Waals surface area (Å²) < 4.78 is 10.8. The molecule has 0 fully saturated rings. The highest BCUT2D eigenvalue weighted by Gasteiger charge is 2.26. The molecule has 1 heterocycles. The van der Waals surface area contributed by atoms with Crippen molar-refractivity contribution in [3.8, 4) is 22.5 Å². The van der Waals surface area contributed by atoms with Gasteiger partial charge >= 0.3 is 17.5 Å². The molecule has 0 atom stereocenters. The third kappa shape index (κ3) is 3.46. The van der Waals surface area contributed by atoms with E-state index < -0.39 is 5.97 Å². The van der Waals surface area contributed by atoms with Crippen molar-refractivity contribution in [3.05, 3.63) is 78.6 Å². The normalized spacial score (nSPS) is 10.3. The summed E-state index contributed by atoms with van der Waals surface area (Å²) in [7, 11) is 0. The lowest BCUT2D eigenvalue weighted by Crippen LogP contribution is -2.05. The second-order valence-electron chi connectivity index (χ2n) is 5.03. The van der Waals surface area contributed by atoms with Crippen molar-refractivity contribution < 1.29 is 13.9 Å². The van der Waals surface area contributed by atoms with Gasteiger partial charge in [-0.3, -0.25) is 0 Å². The Balaban J connectivity index is 2.13. The van der Waals surface area contributed by atoms with Crippen molar-refractivity contribution in [2.45, 2.75) is 6.92 Å². The van der Waals surface area contributed by atoms with Gasteiger partial charge in [-0.1, -0.05) is 48.5 Å². The number of carbonyl (C=O) groups excluding carboxylic acids is 1. The molecule has 2 aromatic carbocycles. The molecule has 0 bridgehead atoms. The number of benzene rings is 2. The Kier molecular flexibility index (Phi) is 4.48. The van der Waals surface area contributed by atoms with E-state index in [1.165, 1.54) is 0 Å². The van der Waals surface area contributed by atoms with Gasteiger partial charge in [0.1, 0.15) is 0 Å². The zero-order valence-corrected chi connectivity index (χ0v) is 12.9. The van der Waals surface area contributed by atoms with E-state index >= 15 is 0 Å². The number of ether oxygens (including phenoxy) is 1. The predicted octanol–water partition coefficient (Wildman–Crippen LogP) is 5.07. The molecule has 0 radical (unpaired) electrons. The van der Waals surface area contributed by atoms with Crippen molar-refractivity contribution in [1.82, 2.24) is 0 Å². The van der Waals surface area contributed by atoms with Gasteiger partial charge in [0.2, 0.25) is 0 Å². The molecule has 1 aromatic heterocycles. The maximum atomic E-state index is 12.1. The number of rotatable bonds is 4. The first kappa shape index (κ1) is 15.0. The molecule has 0 amide bonds. The second-order valence-corrected chi connectivity index (χ2v) is 5.03. The monoisotopic (exact) mass is 305 g/mol. The Morgan fingerprint density at radius 2 is 1.48 bits per heavy atom. The number of esters is 1. The molecule has 0 saturated carbocycles. The van der Waals surface area contributed by atoms with Crippen LogP contribution in [0.3, 0.4) is 0 Å². The molecule has 0 aliphatic rings. The summed E-state index contributed by atoms with van der Waals surface area (Å²) >= 11 is 0. The van der Waals surface area contributed by atoms with Crippen molar-refractivity contribution in [2.24, 2.45) is 0 Å². The maximum Gasteiger partial charge on any atom is 0.438 e. The first-order valence-corrected chi connectivity index (χ1v) is 7.54. The minimum absolute atomic E-state index is 0.201. The van der Waals surface area contributed by atoms with Crippen LogP contribution in [0.2, 0.25) is 0 Å². The summed E-state index contributed by atoms with van der Waals surface area (Å²) in [6.07, 6.45) is 0. The fourth-order valence-electron chi connectivity index (χ4n) is 2.35. The Labute approximate surface area is 135 Å². The molecule has 0 spiro atoms. The van der Waals surface area contributed by atoms with Crippen molar-refractivity contribution in [1.29, 1.82) is 0 Å². The third-order valence-electron chi connectivity index (χ3n) is 3.44. The average Bonchev–Trinajstić information content (AvgIpc) is 2.63. The number of hydrogen-bond acceptors (Lipinski definition) is 2. The molecular weight excluding hydrogens is 288 g/mol. The van der Waals surface area contributed by atoms with Crippen LogP contribution in [0.5, 0.6) is 0 Å². The summed E-state index contributed by atoms with van der Waals surface area (Å²) in [4.78, 5) is 12.1. The van der Waals surface area contributed by atoms with Crippen LogP contribution in [-0.2, 0) is 4.74 Å². The SMILES string of the molecule is CCOC(=O)c1cc(-c2ccccc2)cc(-c2ccccc2)[o+]1. The highest BCUT2D eigenvalue weighted by atomic mass is 16.5. The summed E-state index contributed by atoms with van der Waals surface area (Å²) in [5.74, 6) is 0.379. The standard InChI is InChI=1S/C20H17O3/c1-2-22-20(21)19-14-17(15-9-5-3-6-10-15)13-18(23-19)16-11-7-4-8-12-16/h3-14H,2H2,1H3/q+1. The molecule has 3 nitrogen and oxygen atoms in total. The summed E-state index contributed by atoms with van der Waals surface area (Å²) in [6.45, 7) is 2.08. The van der Waals surface area contributed by atoms with Crippen molar-refractivity contribution >= 4 is 5.97 Å². The average molecular weight is 305 g/mol. The van der Waals surface area contributed by atoms with Gasteiger partial charge in [-0.25, -0.2) is 4.79 Å². The summed E-state index contributed by atoms with van der Waals surface area (Å²) in [6, 6.07) is 23.2. The molecular formula is C20H17O3+. The Morgan fingerprint density at radius 1 is 0.870 bits per heavy atom. The molecule has 0 aliphatic heterocycles. The predicted molar refractivity (Wildman–Crippen MR) is 89.9 cm³/mol. The van der Waals surface area contributed by atoms with Crippen molar-refractivity contribution in [2.75, 3.05) is 6.61 Å². The lowest BCUT2D eigenvalue weighted by molar-refractivity contribution is 0.0488. The molecule has 0 aliphatic carbocycles. The van der Waals surface area contributed by atoms with Crippen LogP contribution in [0.4, 0.5) is 0 Å². The Hall–Kier alpha value is -2.94. The molecule has 3 rings (SSSR count). The first-order valence-electron chi connectivity index (χ1n) is 7.54. The molecule has 0 saturated heterocycles. The summed E-state index contributed by atoms with van der Waals surface area (Å²) in [5, 5.41) is 0. The first-order chi connectivity index (χ1) is 11.3. The van der Waals surface area contributed by atoms with Gasteiger partial charge in [-0.15, -0.1) is 0 Å². The van der Waals surface area contributed by atoms with Gasteiger partial charge < -0.3 is 4.74 Å². The number of carbonyl (C=O) groups is 1. The molecule has 3 aromatic rings. The van der Waals surface area contributed by atoms with Gasteiger partial charge in [0.25, 0.3) is 0 Å². The van der Waals surface area contributed by atoms with E-state index in [-0.39, 0.29) is 5.76 Å². The Morgan fingerprint density at radius 3 is 2.09 bits per heavy atom. The van der Waals surface area contributed by atoms with Gasteiger partial charge in [0, 0.05) is 5.56 Å². The molecule has 23 heavy (non-hydrogen) atoms.